The molecule has 0 saturated carbocycles. The number of aromatic nitrogens is 1. The van der Waals surface area contributed by atoms with Crippen LogP contribution in [0.3, 0.4) is 0 Å². The number of nitrogens with one attached hydrogen (secondary N) is 1. The van der Waals surface area contributed by atoms with Gasteiger partial charge in [0, 0.05) is 35.0 Å². The van der Waals surface area contributed by atoms with Crippen LogP contribution in [-0.2, 0) is 6.61 Å². The second kappa shape index (κ2) is 9.46. The van der Waals surface area contributed by atoms with Gasteiger partial charge in [0.1, 0.15) is 0 Å². The fourth-order valence-electron chi connectivity index (χ4n) is 3.12. The lowest BCUT2D eigenvalue weighted by molar-refractivity contribution is -0.576. The molecule has 0 amide bonds. The smallest absolute Gasteiger partial charge is 0.288 e. The highest BCUT2D eigenvalue weighted by Crippen LogP contribution is 2.23. The van der Waals surface area contributed by atoms with E-state index in [1.54, 1.807) is 29.1 Å². The first-order valence-electron chi connectivity index (χ1n) is 9.48. The molecule has 158 valence electrons. The standard InChI is InChI=1S/C23H21N3O4S/c1-15-5-10-20(16(2)12-15)24-23(31)21(25-11-3-4-17(13-25)14-27)22(28)18-6-8-19(9-7-18)26(29)30/h3-13,27H,14H2,1-2H3,(H-,24,28,31)/p+1. The second-order valence-electron chi connectivity index (χ2n) is 7.05. The van der Waals surface area contributed by atoms with Crippen LogP contribution in [0.4, 0.5) is 11.4 Å². The largest absolute Gasteiger partial charge is 0.502 e. The number of nitro benzene ring substituents is 1. The maximum absolute atomic E-state index is 11.1. The van der Waals surface area contributed by atoms with Crippen LogP contribution in [0, 0.1) is 24.0 Å². The van der Waals surface area contributed by atoms with Gasteiger partial charge in [-0.3, -0.25) is 10.1 Å². The Bertz CT molecular complexity index is 1170. The summed E-state index contributed by atoms with van der Waals surface area (Å²) in [6, 6.07) is 14.9. The number of aliphatic hydroxyl groups is 2. The minimum atomic E-state index is -0.503. The first-order valence-corrected chi connectivity index (χ1v) is 9.89. The summed E-state index contributed by atoms with van der Waals surface area (Å²) in [7, 11) is 0. The molecule has 0 radical (unpaired) electrons. The van der Waals surface area contributed by atoms with Gasteiger partial charge >= 0.3 is 0 Å². The van der Waals surface area contributed by atoms with E-state index >= 15 is 0 Å². The van der Waals surface area contributed by atoms with Crippen molar-refractivity contribution in [3.8, 4) is 0 Å². The molecule has 7 nitrogen and oxygen atoms in total. The van der Waals surface area contributed by atoms with Crippen LogP contribution in [0.1, 0.15) is 22.3 Å². The summed E-state index contributed by atoms with van der Waals surface area (Å²) in [4.78, 5) is 10.7. The van der Waals surface area contributed by atoms with Crippen molar-refractivity contribution in [3.05, 3.63) is 99.4 Å². The van der Waals surface area contributed by atoms with Gasteiger partial charge in [0.05, 0.1) is 11.5 Å². The average Bonchev–Trinajstić information content (AvgIpc) is 2.76. The summed E-state index contributed by atoms with van der Waals surface area (Å²) in [6.07, 6.45) is 3.36. The minimum absolute atomic E-state index is 0.0796. The molecule has 1 aromatic heterocycles. The molecule has 0 spiro atoms. The van der Waals surface area contributed by atoms with Gasteiger partial charge in [-0.1, -0.05) is 29.9 Å². The number of benzene rings is 2. The summed E-state index contributed by atoms with van der Waals surface area (Å²) in [5.41, 5.74) is 4.10. The number of hydrogen-bond acceptors (Lipinski definition) is 5. The number of nitrogens with zero attached hydrogens (tertiary/aromatic N) is 2. The number of rotatable bonds is 6. The number of hydrogen-bond donors (Lipinski definition) is 3. The third-order valence-corrected chi connectivity index (χ3v) is 5.02. The third-order valence-electron chi connectivity index (χ3n) is 4.72. The van der Waals surface area contributed by atoms with E-state index in [4.69, 9.17) is 12.2 Å². The van der Waals surface area contributed by atoms with Gasteiger partial charge < -0.3 is 15.5 Å². The van der Waals surface area contributed by atoms with E-state index in [0.29, 0.717) is 11.1 Å². The second-order valence-corrected chi connectivity index (χ2v) is 7.46. The summed E-state index contributed by atoms with van der Waals surface area (Å²) in [5, 5.41) is 34.7. The Hall–Kier alpha value is -3.62. The molecule has 0 aliphatic heterocycles. The van der Waals surface area contributed by atoms with Gasteiger partial charge in [0.15, 0.2) is 23.1 Å². The lowest BCUT2D eigenvalue weighted by Gasteiger charge is -2.13. The zero-order chi connectivity index (χ0) is 22.5. The van der Waals surface area contributed by atoms with Crippen LogP contribution in [0.15, 0.2) is 67.0 Å². The molecule has 0 fully saturated rings. The molecular weight excluding hydrogens is 414 g/mol. The van der Waals surface area contributed by atoms with E-state index in [1.165, 1.54) is 24.3 Å². The topological polar surface area (TPSA) is 99.5 Å². The molecule has 3 N–H and O–H groups in total. The molecule has 3 aromatic rings. The van der Waals surface area contributed by atoms with Crippen molar-refractivity contribution in [1.82, 2.24) is 0 Å². The Morgan fingerprint density at radius 2 is 1.87 bits per heavy atom. The molecule has 31 heavy (non-hydrogen) atoms. The Labute approximate surface area is 185 Å². The number of non-ortho nitro benzene ring substituents is 1. The molecule has 1 heterocycles. The highest BCUT2D eigenvalue weighted by atomic mass is 32.1. The SMILES string of the molecule is Cc1ccc(NC(=S)/C(=C(\O)c2ccc([N+](=O)[O-])cc2)[n+]2cccc(CO)c2)c(C)c1. The van der Waals surface area contributed by atoms with Crippen LogP contribution in [0.5, 0.6) is 0 Å². The van der Waals surface area contributed by atoms with E-state index in [0.717, 1.165) is 16.8 Å². The number of nitro groups is 1. The van der Waals surface area contributed by atoms with Gasteiger partial charge in [-0.25, -0.2) is 0 Å². The molecule has 2 aromatic carbocycles. The van der Waals surface area contributed by atoms with Crippen LogP contribution in [-0.4, -0.2) is 20.1 Å². The quantitative estimate of drug-likeness (QED) is 0.133. The molecule has 3 rings (SSSR count). The van der Waals surface area contributed by atoms with Crippen molar-refractivity contribution in [1.29, 1.82) is 0 Å². The van der Waals surface area contributed by atoms with Crippen molar-refractivity contribution in [2.75, 3.05) is 5.32 Å². The van der Waals surface area contributed by atoms with E-state index in [1.807, 2.05) is 32.0 Å². The summed E-state index contributed by atoms with van der Waals surface area (Å²) < 4.78 is 1.61. The zero-order valence-electron chi connectivity index (χ0n) is 17.1. The monoisotopic (exact) mass is 436 g/mol. The predicted octanol–water partition coefficient (Wildman–Crippen LogP) is 4.31. The van der Waals surface area contributed by atoms with E-state index in [2.05, 4.69) is 5.32 Å². The van der Waals surface area contributed by atoms with Crippen molar-refractivity contribution in [3.63, 3.8) is 0 Å². The molecule has 0 atom stereocenters. The number of pyridine rings is 1. The van der Waals surface area contributed by atoms with Gasteiger partial charge in [-0.2, -0.15) is 4.57 Å². The molecule has 0 saturated heterocycles. The van der Waals surface area contributed by atoms with E-state index in [9.17, 15) is 20.3 Å². The van der Waals surface area contributed by atoms with Crippen LogP contribution in [0.25, 0.3) is 11.5 Å². The molecule has 0 aliphatic rings. The Morgan fingerprint density at radius 1 is 1.16 bits per heavy atom. The highest BCUT2D eigenvalue weighted by molar-refractivity contribution is 7.81. The zero-order valence-corrected chi connectivity index (χ0v) is 17.9. The average molecular weight is 437 g/mol. The molecule has 0 unspecified atom stereocenters. The van der Waals surface area contributed by atoms with Crippen LogP contribution >= 0.6 is 12.2 Å². The summed E-state index contributed by atoms with van der Waals surface area (Å²) in [6.45, 7) is 3.78. The Kier molecular flexibility index (Phi) is 6.74. The number of aryl methyl sites for hydroxylation is 2. The van der Waals surface area contributed by atoms with Crippen molar-refractivity contribution in [2.45, 2.75) is 20.5 Å². The van der Waals surface area contributed by atoms with Crippen LogP contribution < -0.4 is 9.88 Å². The number of thiocarbonyl (C=S) groups is 1. The summed E-state index contributed by atoms with van der Waals surface area (Å²) in [5.74, 6) is -0.155. The van der Waals surface area contributed by atoms with Crippen molar-refractivity contribution >= 4 is 40.0 Å². The molecule has 8 heteroatoms. The summed E-state index contributed by atoms with van der Waals surface area (Å²) >= 11 is 5.63. The highest BCUT2D eigenvalue weighted by Gasteiger charge is 2.25. The lowest BCUT2D eigenvalue weighted by atomic mass is 10.1. The van der Waals surface area contributed by atoms with Crippen molar-refractivity contribution < 1.29 is 19.7 Å². The normalized spacial score (nSPS) is 11.6. The fraction of sp³-hybridized carbons (Fsp3) is 0.130. The van der Waals surface area contributed by atoms with Gasteiger partial charge in [-0.05, 0) is 43.7 Å². The van der Waals surface area contributed by atoms with Crippen molar-refractivity contribution in [2.24, 2.45) is 0 Å². The first-order chi connectivity index (χ1) is 14.8. The minimum Gasteiger partial charge on any atom is -0.502 e. The number of aliphatic hydroxyl groups excluding tert-OH is 2. The van der Waals surface area contributed by atoms with Gasteiger partial charge in [-0.15, -0.1) is 0 Å². The molecular formula is C23H22N3O4S+. The fourth-order valence-corrected chi connectivity index (χ4v) is 3.43. The number of anilines is 1. The Morgan fingerprint density at radius 3 is 2.48 bits per heavy atom. The first kappa shape index (κ1) is 22.1. The molecule has 0 aliphatic carbocycles. The van der Waals surface area contributed by atoms with Gasteiger partial charge in [0.25, 0.3) is 11.4 Å². The lowest BCUT2D eigenvalue weighted by Crippen LogP contribution is -2.39. The third kappa shape index (κ3) is 5.11. The van der Waals surface area contributed by atoms with E-state index in [-0.39, 0.29) is 28.7 Å². The van der Waals surface area contributed by atoms with Gasteiger partial charge in [0.2, 0.25) is 0 Å². The maximum Gasteiger partial charge on any atom is 0.288 e. The van der Waals surface area contributed by atoms with Crippen LogP contribution in [0.2, 0.25) is 0 Å². The van der Waals surface area contributed by atoms with E-state index < -0.39 is 4.92 Å². The molecule has 0 bridgehead atoms. The predicted molar refractivity (Wildman–Crippen MR) is 124 cm³/mol. The maximum atomic E-state index is 11.1. The Balaban J connectivity index is 2.10.